The largest absolute Gasteiger partial charge is 0.466 e. The van der Waals surface area contributed by atoms with Crippen molar-refractivity contribution in [3.63, 3.8) is 0 Å². The molecule has 0 spiro atoms. The van der Waals surface area contributed by atoms with Crippen LogP contribution in [0.15, 0.2) is 10.5 Å². The van der Waals surface area contributed by atoms with E-state index in [-0.39, 0.29) is 17.9 Å². The lowest BCUT2D eigenvalue weighted by molar-refractivity contribution is -0.125. The number of furan rings is 1. The van der Waals surface area contributed by atoms with Crippen molar-refractivity contribution in [1.29, 1.82) is 0 Å². The Hall–Kier alpha value is -1.29. The number of rotatable bonds is 6. The van der Waals surface area contributed by atoms with Crippen molar-refractivity contribution in [1.82, 2.24) is 5.32 Å². The number of amides is 1. The maximum atomic E-state index is 12.0. The van der Waals surface area contributed by atoms with Gasteiger partial charge in [-0.25, -0.2) is 0 Å². The van der Waals surface area contributed by atoms with E-state index in [4.69, 9.17) is 10.2 Å². The molecule has 4 nitrogen and oxygen atoms in total. The average Bonchev–Trinajstić information content (AvgIpc) is 2.65. The Bertz CT molecular complexity index is 398. The van der Waals surface area contributed by atoms with Gasteiger partial charge in [-0.1, -0.05) is 13.3 Å². The molecule has 102 valence electrons. The summed E-state index contributed by atoms with van der Waals surface area (Å²) in [5, 5.41) is 3.01. The third-order valence-corrected chi connectivity index (χ3v) is 3.20. The summed E-state index contributed by atoms with van der Waals surface area (Å²) in [5.41, 5.74) is 6.66. The normalized spacial score (nSPS) is 14.3. The Balaban J connectivity index is 2.66. The van der Waals surface area contributed by atoms with Gasteiger partial charge in [-0.15, -0.1) is 0 Å². The van der Waals surface area contributed by atoms with Crippen molar-refractivity contribution in [2.24, 2.45) is 11.7 Å². The van der Waals surface area contributed by atoms with Crippen molar-refractivity contribution >= 4 is 5.91 Å². The van der Waals surface area contributed by atoms with Crippen LogP contribution in [0.25, 0.3) is 0 Å². The first kappa shape index (κ1) is 14.8. The molecule has 4 heteroatoms. The predicted molar refractivity (Wildman–Crippen MR) is 72.2 cm³/mol. The van der Waals surface area contributed by atoms with E-state index in [0.717, 1.165) is 29.9 Å². The Kier molecular flexibility index (Phi) is 5.41. The minimum absolute atomic E-state index is 0.0325. The molecule has 0 saturated carbocycles. The topological polar surface area (TPSA) is 68.3 Å². The summed E-state index contributed by atoms with van der Waals surface area (Å²) in [5.74, 6) is 1.67. The summed E-state index contributed by atoms with van der Waals surface area (Å²) in [7, 11) is 0. The first-order chi connectivity index (χ1) is 8.49. The van der Waals surface area contributed by atoms with Gasteiger partial charge >= 0.3 is 0 Å². The molecule has 1 rings (SSSR count). The number of carbonyl (C=O) groups is 1. The highest BCUT2D eigenvalue weighted by Crippen LogP contribution is 2.21. The number of hydrogen-bond acceptors (Lipinski definition) is 3. The second-order valence-corrected chi connectivity index (χ2v) is 4.82. The molecule has 0 radical (unpaired) electrons. The average molecular weight is 252 g/mol. The number of hydrogen-bond donors (Lipinski definition) is 2. The fourth-order valence-corrected chi connectivity index (χ4v) is 2.19. The van der Waals surface area contributed by atoms with Crippen LogP contribution in [-0.4, -0.2) is 12.5 Å². The molecule has 1 amide bonds. The van der Waals surface area contributed by atoms with Gasteiger partial charge in [0.05, 0.1) is 12.0 Å². The van der Waals surface area contributed by atoms with Crippen LogP contribution in [0, 0.1) is 19.8 Å². The monoisotopic (exact) mass is 252 g/mol. The van der Waals surface area contributed by atoms with Gasteiger partial charge in [0, 0.05) is 12.1 Å². The second kappa shape index (κ2) is 6.59. The van der Waals surface area contributed by atoms with Gasteiger partial charge in [0.15, 0.2) is 0 Å². The SMILES string of the molecule is CCCC(CN)C(=O)NC(C)c1cc(C)oc1C. The fraction of sp³-hybridized carbons (Fsp3) is 0.643. The van der Waals surface area contributed by atoms with Crippen molar-refractivity contribution in [2.45, 2.75) is 46.6 Å². The zero-order valence-corrected chi connectivity index (χ0v) is 11.7. The van der Waals surface area contributed by atoms with Crippen LogP contribution in [-0.2, 0) is 4.79 Å². The highest BCUT2D eigenvalue weighted by atomic mass is 16.3. The molecule has 0 aliphatic rings. The lowest BCUT2D eigenvalue weighted by Crippen LogP contribution is -2.36. The lowest BCUT2D eigenvalue weighted by atomic mass is 10.0. The van der Waals surface area contributed by atoms with Gasteiger partial charge in [-0.05, 0) is 33.3 Å². The van der Waals surface area contributed by atoms with E-state index >= 15 is 0 Å². The van der Waals surface area contributed by atoms with E-state index in [1.807, 2.05) is 26.8 Å². The summed E-state index contributed by atoms with van der Waals surface area (Å²) >= 11 is 0. The van der Waals surface area contributed by atoms with Crippen molar-refractivity contribution in [3.8, 4) is 0 Å². The summed E-state index contributed by atoms with van der Waals surface area (Å²) in [6, 6.07) is 1.93. The molecule has 0 bridgehead atoms. The first-order valence-corrected chi connectivity index (χ1v) is 6.56. The number of nitrogens with two attached hydrogens (primary N) is 1. The Labute approximate surface area is 109 Å². The Morgan fingerprint density at radius 1 is 1.50 bits per heavy atom. The molecule has 0 fully saturated rings. The molecule has 2 atom stereocenters. The van der Waals surface area contributed by atoms with E-state index in [1.165, 1.54) is 0 Å². The number of nitrogens with one attached hydrogen (secondary N) is 1. The van der Waals surface area contributed by atoms with Gasteiger partial charge in [0.25, 0.3) is 0 Å². The first-order valence-electron chi connectivity index (χ1n) is 6.56. The smallest absolute Gasteiger partial charge is 0.224 e. The Morgan fingerprint density at radius 3 is 2.61 bits per heavy atom. The third-order valence-electron chi connectivity index (χ3n) is 3.20. The molecule has 0 aliphatic carbocycles. The van der Waals surface area contributed by atoms with Crippen LogP contribution in [0.4, 0.5) is 0 Å². The van der Waals surface area contributed by atoms with Gasteiger partial charge in [0.1, 0.15) is 11.5 Å². The quantitative estimate of drug-likeness (QED) is 0.817. The lowest BCUT2D eigenvalue weighted by Gasteiger charge is -2.18. The van der Waals surface area contributed by atoms with Crippen LogP contribution in [0.1, 0.15) is 49.8 Å². The molecule has 1 aromatic heterocycles. The summed E-state index contributed by atoms with van der Waals surface area (Å²) < 4.78 is 5.48. The third kappa shape index (κ3) is 3.60. The number of carbonyl (C=O) groups excluding carboxylic acids is 1. The molecule has 0 aliphatic heterocycles. The van der Waals surface area contributed by atoms with E-state index in [1.54, 1.807) is 0 Å². The minimum atomic E-state index is -0.0919. The van der Waals surface area contributed by atoms with Gasteiger partial charge in [-0.3, -0.25) is 4.79 Å². The molecule has 3 N–H and O–H groups in total. The molecule has 1 aromatic rings. The molecular weight excluding hydrogens is 228 g/mol. The highest BCUT2D eigenvalue weighted by molar-refractivity contribution is 5.79. The predicted octanol–water partition coefficient (Wildman–Crippen LogP) is 2.45. The van der Waals surface area contributed by atoms with Crippen LogP contribution in [0.5, 0.6) is 0 Å². The van der Waals surface area contributed by atoms with E-state index in [0.29, 0.717) is 6.54 Å². The summed E-state index contributed by atoms with van der Waals surface area (Å²) in [4.78, 5) is 12.0. The standard InChI is InChI=1S/C14H24N2O2/c1-5-6-12(8-15)14(17)16-10(3)13-7-9(2)18-11(13)4/h7,10,12H,5-6,8,15H2,1-4H3,(H,16,17). The van der Waals surface area contributed by atoms with E-state index < -0.39 is 0 Å². The maximum Gasteiger partial charge on any atom is 0.224 e. The molecule has 0 saturated heterocycles. The van der Waals surface area contributed by atoms with Crippen molar-refractivity contribution in [3.05, 3.63) is 23.2 Å². The number of aryl methyl sites for hydroxylation is 2. The van der Waals surface area contributed by atoms with Gasteiger partial charge in [0.2, 0.25) is 5.91 Å². The van der Waals surface area contributed by atoms with Crippen LogP contribution in [0.2, 0.25) is 0 Å². The molecule has 0 aromatic carbocycles. The fourth-order valence-electron chi connectivity index (χ4n) is 2.19. The van der Waals surface area contributed by atoms with Crippen LogP contribution < -0.4 is 11.1 Å². The minimum Gasteiger partial charge on any atom is -0.466 e. The zero-order chi connectivity index (χ0) is 13.7. The van der Waals surface area contributed by atoms with Crippen molar-refractivity contribution < 1.29 is 9.21 Å². The van der Waals surface area contributed by atoms with E-state index in [9.17, 15) is 4.79 Å². The molecule has 2 unspecified atom stereocenters. The van der Waals surface area contributed by atoms with Crippen LogP contribution in [0.3, 0.4) is 0 Å². The highest BCUT2D eigenvalue weighted by Gasteiger charge is 2.20. The maximum absolute atomic E-state index is 12.0. The van der Waals surface area contributed by atoms with E-state index in [2.05, 4.69) is 12.2 Å². The zero-order valence-electron chi connectivity index (χ0n) is 11.7. The second-order valence-electron chi connectivity index (χ2n) is 4.82. The summed E-state index contributed by atoms with van der Waals surface area (Å²) in [6.45, 7) is 8.25. The van der Waals surface area contributed by atoms with Crippen LogP contribution >= 0.6 is 0 Å². The van der Waals surface area contributed by atoms with Gasteiger partial charge in [-0.2, -0.15) is 0 Å². The summed E-state index contributed by atoms with van der Waals surface area (Å²) in [6.07, 6.45) is 1.80. The molecule has 18 heavy (non-hydrogen) atoms. The van der Waals surface area contributed by atoms with Gasteiger partial charge < -0.3 is 15.5 Å². The molecule has 1 heterocycles. The Morgan fingerprint density at radius 2 is 2.17 bits per heavy atom. The van der Waals surface area contributed by atoms with Crippen molar-refractivity contribution in [2.75, 3.05) is 6.54 Å². The molecular formula is C14H24N2O2.